The molecule has 0 aliphatic carbocycles. The molecule has 0 saturated carbocycles. The zero-order chi connectivity index (χ0) is 18.4. The van der Waals surface area contributed by atoms with E-state index < -0.39 is 17.9 Å². The number of halogens is 3. The molecule has 7 heteroatoms. The van der Waals surface area contributed by atoms with Crippen LogP contribution in [-0.2, 0) is 9.53 Å². The van der Waals surface area contributed by atoms with E-state index >= 15 is 0 Å². The van der Waals surface area contributed by atoms with E-state index in [-0.39, 0.29) is 28.6 Å². The molecule has 2 aromatic carbocycles. The normalized spacial score (nSPS) is 11.7. The third-order valence-electron chi connectivity index (χ3n) is 3.45. The predicted octanol–water partition coefficient (Wildman–Crippen LogP) is 5.07. The van der Waals surface area contributed by atoms with E-state index in [1.807, 2.05) is 0 Å². The van der Waals surface area contributed by atoms with E-state index in [9.17, 15) is 9.59 Å². The van der Waals surface area contributed by atoms with Gasteiger partial charge in [-0.1, -0.05) is 59.1 Å². The first-order chi connectivity index (χ1) is 11.9. The third kappa shape index (κ3) is 5.11. The molecule has 0 fully saturated rings. The first-order valence-corrected chi connectivity index (χ1v) is 8.72. The average molecular weight is 401 g/mol. The lowest BCUT2D eigenvalue weighted by Gasteiger charge is -2.20. The fraction of sp³-hybridized carbons (Fsp3) is 0.222. The molecule has 1 N–H and O–H groups in total. The molecule has 2 rings (SSSR count). The van der Waals surface area contributed by atoms with Gasteiger partial charge in [0.15, 0.2) is 0 Å². The minimum Gasteiger partial charge on any atom is -0.466 e. The summed E-state index contributed by atoms with van der Waals surface area (Å²) in [6, 6.07) is 11.1. The molecule has 4 nitrogen and oxygen atoms in total. The second-order valence-electron chi connectivity index (χ2n) is 5.15. The summed E-state index contributed by atoms with van der Waals surface area (Å²) >= 11 is 18.4. The number of amides is 1. The predicted molar refractivity (Wildman–Crippen MR) is 99.4 cm³/mol. The summed E-state index contributed by atoms with van der Waals surface area (Å²) in [4.78, 5) is 24.6. The Morgan fingerprint density at radius 3 is 2.20 bits per heavy atom. The van der Waals surface area contributed by atoms with Crippen molar-refractivity contribution in [2.45, 2.75) is 19.4 Å². The highest BCUT2D eigenvalue weighted by Gasteiger charge is 2.24. The lowest BCUT2D eigenvalue weighted by Crippen LogP contribution is -2.31. The smallest absolute Gasteiger partial charge is 0.308 e. The van der Waals surface area contributed by atoms with E-state index in [1.54, 1.807) is 49.4 Å². The van der Waals surface area contributed by atoms with Crippen molar-refractivity contribution in [2.75, 3.05) is 6.61 Å². The van der Waals surface area contributed by atoms with E-state index in [0.29, 0.717) is 10.6 Å². The van der Waals surface area contributed by atoms with Crippen molar-refractivity contribution in [3.05, 3.63) is 68.7 Å². The fourth-order valence-electron chi connectivity index (χ4n) is 2.33. The van der Waals surface area contributed by atoms with Gasteiger partial charge in [0.1, 0.15) is 0 Å². The van der Waals surface area contributed by atoms with Crippen molar-refractivity contribution < 1.29 is 14.3 Å². The Kier molecular flexibility index (Phi) is 7.12. The molecule has 0 aliphatic rings. The van der Waals surface area contributed by atoms with Crippen LogP contribution >= 0.6 is 34.8 Å². The van der Waals surface area contributed by atoms with E-state index in [2.05, 4.69) is 5.32 Å². The van der Waals surface area contributed by atoms with Crippen LogP contribution in [0.4, 0.5) is 0 Å². The van der Waals surface area contributed by atoms with Gasteiger partial charge in [-0.15, -0.1) is 0 Å². The van der Waals surface area contributed by atoms with Gasteiger partial charge < -0.3 is 10.1 Å². The summed E-state index contributed by atoms with van der Waals surface area (Å²) in [7, 11) is 0. The van der Waals surface area contributed by atoms with Gasteiger partial charge in [-0.2, -0.15) is 0 Å². The molecule has 25 heavy (non-hydrogen) atoms. The third-order valence-corrected chi connectivity index (χ3v) is 4.43. The molecular formula is C18H16Cl3NO3. The number of ether oxygens (including phenoxy) is 1. The highest BCUT2D eigenvalue weighted by Crippen LogP contribution is 2.28. The highest BCUT2D eigenvalue weighted by atomic mass is 35.5. The molecule has 0 aliphatic heterocycles. The Balaban J connectivity index is 2.31. The maximum Gasteiger partial charge on any atom is 0.308 e. The number of hydrogen-bond donors (Lipinski definition) is 1. The second kappa shape index (κ2) is 9.09. The topological polar surface area (TPSA) is 55.4 Å². The lowest BCUT2D eigenvalue weighted by atomic mass is 10.0. The van der Waals surface area contributed by atoms with E-state index in [0.717, 1.165) is 0 Å². The number of carbonyl (C=O) groups excluding carboxylic acids is 2. The number of hydrogen-bond acceptors (Lipinski definition) is 3. The zero-order valence-corrected chi connectivity index (χ0v) is 15.7. The van der Waals surface area contributed by atoms with Gasteiger partial charge in [0.25, 0.3) is 5.91 Å². The monoisotopic (exact) mass is 399 g/mol. The number of esters is 1. The number of benzene rings is 2. The summed E-state index contributed by atoms with van der Waals surface area (Å²) in [5, 5.41) is 3.64. The number of nitrogens with one attached hydrogen (secondary N) is 1. The Bertz CT molecular complexity index is 760. The molecule has 0 spiro atoms. The van der Waals surface area contributed by atoms with Crippen LogP contribution in [0.2, 0.25) is 15.1 Å². The summed E-state index contributed by atoms with van der Waals surface area (Å²) in [6.45, 7) is 1.96. The molecule has 1 amide bonds. The minimum absolute atomic E-state index is 0.0641. The molecule has 0 radical (unpaired) electrons. The van der Waals surface area contributed by atoms with Gasteiger partial charge in [0, 0.05) is 5.02 Å². The maximum absolute atomic E-state index is 12.6. The Hall–Kier alpha value is -1.75. The molecule has 0 heterocycles. The Morgan fingerprint density at radius 2 is 1.60 bits per heavy atom. The van der Waals surface area contributed by atoms with E-state index in [1.165, 1.54) is 0 Å². The van der Waals surface area contributed by atoms with Crippen LogP contribution in [0.25, 0.3) is 0 Å². The zero-order valence-electron chi connectivity index (χ0n) is 13.4. The average Bonchev–Trinajstić information content (AvgIpc) is 2.54. The first kappa shape index (κ1) is 19.6. The van der Waals surface area contributed by atoms with Crippen molar-refractivity contribution in [3.8, 4) is 0 Å². The minimum atomic E-state index is -0.674. The van der Waals surface area contributed by atoms with Crippen LogP contribution in [0.15, 0.2) is 42.5 Å². The van der Waals surface area contributed by atoms with Gasteiger partial charge >= 0.3 is 5.97 Å². The van der Waals surface area contributed by atoms with Crippen molar-refractivity contribution in [1.82, 2.24) is 5.32 Å². The molecule has 2 aromatic rings. The standard InChI is InChI=1S/C18H16Cl3NO3/c1-2-25-16(23)10-15(11-6-3-4-7-12(11)19)22-18(24)17-13(20)8-5-9-14(17)21/h3-9,15H,2,10H2,1H3,(H,22,24). The van der Waals surface area contributed by atoms with Gasteiger partial charge in [-0.25, -0.2) is 0 Å². The SMILES string of the molecule is CCOC(=O)CC(NC(=O)c1c(Cl)cccc1Cl)c1ccccc1Cl. The van der Waals surface area contributed by atoms with Crippen LogP contribution in [0, 0.1) is 0 Å². The van der Waals surface area contributed by atoms with Gasteiger partial charge in [0.2, 0.25) is 0 Å². The van der Waals surface area contributed by atoms with Crippen LogP contribution in [0.3, 0.4) is 0 Å². The quantitative estimate of drug-likeness (QED) is 0.689. The summed E-state index contributed by atoms with van der Waals surface area (Å²) in [6.07, 6.45) is -0.0641. The molecule has 0 bridgehead atoms. The second-order valence-corrected chi connectivity index (χ2v) is 6.37. The molecule has 1 atom stereocenters. The molecule has 132 valence electrons. The maximum atomic E-state index is 12.6. The molecule has 0 saturated heterocycles. The van der Waals surface area contributed by atoms with Crippen molar-refractivity contribution >= 4 is 46.7 Å². The summed E-state index contributed by atoms with van der Waals surface area (Å²) in [5.74, 6) is -0.942. The van der Waals surface area contributed by atoms with Gasteiger partial charge in [-0.3, -0.25) is 9.59 Å². The van der Waals surface area contributed by atoms with Crippen LogP contribution < -0.4 is 5.32 Å². The summed E-state index contributed by atoms with van der Waals surface area (Å²) < 4.78 is 4.98. The van der Waals surface area contributed by atoms with Crippen molar-refractivity contribution in [1.29, 1.82) is 0 Å². The molecule has 1 unspecified atom stereocenters. The fourth-order valence-corrected chi connectivity index (χ4v) is 3.16. The Labute approximate surface area is 161 Å². The number of carbonyl (C=O) groups is 2. The first-order valence-electron chi connectivity index (χ1n) is 7.59. The summed E-state index contributed by atoms with van der Waals surface area (Å²) in [5.41, 5.74) is 0.750. The number of rotatable bonds is 6. The van der Waals surface area contributed by atoms with Gasteiger partial charge in [0.05, 0.1) is 34.7 Å². The van der Waals surface area contributed by atoms with Crippen molar-refractivity contribution in [2.24, 2.45) is 0 Å². The molecule has 0 aromatic heterocycles. The van der Waals surface area contributed by atoms with E-state index in [4.69, 9.17) is 39.5 Å². The Morgan fingerprint density at radius 1 is 1.00 bits per heavy atom. The largest absolute Gasteiger partial charge is 0.466 e. The van der Waals surface area contributed by atoms with Crippen molar-refractivity contribution in [3.63, 3.8) is 0 Å². The van der Waals surface area contributed by atoms with Gasteiger partial charge in [-0.05, 0) is 30.7 Å². The van der Waals surface area contributed by atoms with Crippen LogP contribution in [-0.4, -0.2) is 18.5 Å². The van der Waals surface area contributed by atoms with Crippen LogP contribution in [0.5, 0.6) is 0 Å². The lowest BCUT2D eigenvalue weighted by molar-refractivity contribution is -0.143. The molecular weight excluding hydrogens is 385 g/mol. The van der Waals surface area contributed by atoms with Crippen LogP contribution in [0.1, 0.15) is 35.3 Å². The highest BCUT2D eigenvalue weighted by molar-refractivity contribution is 6.39.